The predicted octanol–water partition coefficient (Wildman–Crippen LogP) is 5.33. The van der Waals surface area contributed by atoms with Crippen LogP contribution in [0.2, 0.25) is 0 Å². The molecule has 0 amide bonds. The van der Waals surface area contributed by atoms with Crippen molar-refractivity contribution < 1.29 is 0 Å². The van der Waals surface area contributed by atoms with Gasteiger partial charge in [-0.3, -0.25) is 0 Å². The highest BCUT2D eigenvalue weighted by molar-refractivity contribution is 7.32. The number of nitrogens with zero attached hydrogens (tertiary/aromatic N) is 1. The monoisotopic (exact) mass is 348 g/mol. The molecule has 4 aromatic rings. The Balaban J connectivity index is 2.06. The van der Waals surface area contributed by atoms with Gasteiger partial charge in [-0.1, -0.05) is 95.5 Å². The summed E-state index contributed by atoms with van der Waals surface area (Å²) in [4.78, 5) is 2.70. The van der Waals surface area contributed by atoms with Crippen molar-refractivity contribution >= 4 is 33.4 Å². The molecule has 4 rings (SSSR count). The van der Waals surface area contributed by atoms with Crippen LogP contribution in [0.5, 0.6) is 0 Å². The molecule has 0 atom stereocenters. The van der Waals surface area contributed by atoms with Crippen LogP contribution in [0.3, 0.4) is 0 Å². The summed E-state index contributed by atoms with van der Waals surface area (Å²) in [7, 11) is 4.23. The van der Waals surface area contributed by atoms with Crippen molar-refractivity contribution in [2.45, 2.75) is 0 Å². The highest BCUT2D eigenvalue weighted by atomic mass is 32.2. The molecule has 0 aliphatic rings. The minimum atomic E-state index is 1.29. The molecule has 0 fully saturated rings. The minimum absolute atomic E-state index is 1.29. The normalized spacial score (nSPS) is 10.9. The predicted molar refractivity (Wildman–Crippen MR) is 108 cm³/mol. The van der Waals surface area contributed by atoms with Crippen molar-refractivity contribution in [3.63, 3.8) is 0 Å². The van der Waals surface area contributed by atoms with Gasteiger partial charge in [0.25, 0.3) is 0 Å². The molecule has 0 aliphatic carbocycles. The first kappa shape index (κ1) is 15.3. The first-order valence-electron chi connectivity index (χ1n) is 7.92. The largest absolute Gasteiger partial charge is 0.314 e. The summed E-state index contributed by atoms with van der Waals surface area (Å²) in [6.45, 7) is 0. The Bertz CT molecular complexity index is 1060. The third kappa shape index (κ3) is 2.70. The summed E-state index contributed by atoms with van der Waals surface area (Å²) in [5.74, 6) is 0. The molecule has 0 spiro atoms. The van der Waals surface area contributed by atoms with E-state index in [0.717, 1.165) is 0 Å². The molecule has 3 aromatic carbocycles. The fourth-order valence-corrected chi connectivity index (χ4v) is 5.44. The number of fused-ring (bicyclic) bond motifs is 1. The third-order valence-electron chi connectivity index (χ3n) is 4.02. The maximum Gasteiger partial charge on any atom is 0.314 e. The van der Waals surface area contributed by atoms with Gasteiger partial charge in [0, 0.05) is 5.56 Å². The SMILES string of the molecule is C[N+](C)=c1sc(-c2ccccc2)c(-c2cccc3ccccc23)s1. The van der Waals surface area contributed by atoms with Crippen molar-refractivity contribution in [2.24, 2.45) is 0 Å². The van der Waals surface area contributed by atoms with E-state index in [4.69, 9.17) is 0 Å². The van der Waals surface area contributed by atoms with Gasteiger partial charge in [0.05, 0.1) is 9.75 Å². The molecule has 1 heterocycles. The van der Waals surface area contributed by atoms with Crippen LogP contribution in [0.25, 0.3) is 31.7 Å². The van der Waals surface area contributed by atoms with Crippen LogP contribution in [-0.4, -0.2) is 14.1 Å². The highest BCUT2D eigenvalue weighted by Gasteiger charge is 2.16. The molecule has 0 saturated heterocycles. The van der Waals surface area contributed by atoms with Gasteiger partial charge in [-0.05, 0) is 16.3 Å². The van der Waals surface area contributed by atoms with Crippen molar-refractivity contribution in [3.05, 3.63) is 76.8 Å². The Morgan fingerprint density at radius 1 is 0.667 bits per heavy atom. The van der Waals surface area contributed by atoms with Crippen molar-refractivity contribution in [1.29, 1.82) is 0 Å². The first-order valence-corrected chi connectivity index (χ1v) is 9.55. The van der Waals surface area contributed by atoms with E-state index >= 15 is 0 Å². The smallest absolute Gasteiger partial charge is 0.217 e. The fourth-order valence-electron chi connectivity index (χ4n) is 2.85. The van der Waals surface area contributed by atoms with Gasteiger partial charge in [-0.15, -0.1) is 0 Å². The molecule has 0 N–H and O–H groups in total. The van der Waals surface area contributed by atoms with E-state index in [-0.39, 0.29) is 0 Å². The topological polar surface area (TPSA) is 3.01 Å². The molecule has 0 aliphatic heterocycles. The van der Waals surface area contributed by atoms with Gasteiger partial charge >= 0.3 is 3.98 Å². The molecule has 1 nitrogen and oxygen atoms in total. The summed E-state index contributed by atoms with van der Waals surface area (Å²) in [6.07, 6.45) is 0. The van der Waals surface area contributed by atoms with Crippen LogP contribution < -0.4 is 8.56 Å². The first-order chi connectivity index (χ1) is 11.7. The average molecular weight is 349 g/mol. The summed E-state index contributed by atoms with van der Waals surface area (Å²) in [6, 6.07) is 25.9. The number of hydrogen-bond acceptors (Lipinski definition) is 2. The van der Waals surface area contributed by atoms with E-state index in [2.05, 4.69) is 91.5 Å². The molecule has 3 heteroatoms. The molecule has 118 valence electrons. The van der Waals surface area contributed by atoms with Crippen molar-refractivity contribution in [2.75, 3.05) is 14.1 Å². The molecule has 24 heavy (non-hydrogen) atoms. The van der Waals surface area contributed by atoms with Crippen LogP contribution in [0, 0.1) is 0 Å². The van der Waals surface area contributed by atoms with Gasteiger partial charge in [-0.25, -0.2) is 4.58 Å². The molecule has 0 radical (unpaired) electrons. The summed E-state index contributed by atoms with van der Waals surface area (Å²) in [5.41, 5.74) is 2.61. The van der Waals surface area contributed by atoms with Crippen molar-refractivity contribution in [1.82, 2.24) is 4.58 Å². The second-order valence-corrected chi connectivity index (χ2v) is 8.17. The Labute approximate surface area is 149 Å². The second-order valence-electron chi connectivity index (χ2n) is 5.92. The van der Waals surface area contributed by atoms with Crippen molar-refractivity contribution in [3.8, 4) is 20.9 Å². The molecular weight excluding hydrogens is 330 g/mol. The van der Waals surface area contributed by atoms with E-state index in [0.29, 0.717) is 0 Å². The van der Waals surface area contributed by atoms with Gasteiger partial charge in [0.2, 0.25) is 0 Å². The number of benzene rings is 3. The Kier molecular flexibility index (Phi) is 4.05. The van der Waals surface area contributed by atoms with Crippen LogP contribution >= 0.6 is 22.7 Å². The third-order valence-corrected chi connectivity index (χ3v) is 7.00. The zero-order valence-electron chi connectivity index (χ0n) is 13.7. The summed E-state index contributed by atoms with van der Waals surface area (Å²) in [5, 5.41) is 2.61. The Morgan fingerprint density at radius 2 is 1.33 bits per heavy atom. The van der Waals surface area contributed by atoms with Gasteiger partial charge < -0.3 is 0 Å². The number of hydrogen-bond donors (Lipinski definition) is 0. The van der Waals surface area contributed by atoms with Crippen LogP contribution in [0.4, 0.5) is 0 Å². The van der Waals surface area contributed by atoms with Gasteiger partial charge in [-0.2, -0.15) is 0 Å². The lowest BCUT2D eigenvalue weighted by Gasteiger charge is -2.07. The van der Waals surface area contributed by atoms with Crippen LogP contribution in [-0.2, 0) is 0 Å². The lowest BCUT2D eigenvalue weighted by Crippen LogP contribution is -2.14. The van der Waals surface area contributed by atoms with E-state index in [1.54, 1.807) is 0 Å². The summed E-state index contributed by atoms with van der Waals surface area (Å²) >= 11 is 3.74. The standard InChI is InChI=1S/C21H18NS2/c1-22(2)21-23-19(16-10-4-3-5-11-16)20(24-21)18-14-8-12-15-9-6-7-13-17(15)18/h3-14H,1-2H3/q+1. The van der Waals surface area contributed by atoms with E-state index in [1.807, 2.05) is 22.7 Å². The fraction of sp³-hybridized carbons (Fsp3) is 0.0952. The molecule has 1 aromatic heterocycles. The zero-order chi connectivity index (χ0) is 16.5. The van der Waals surface area contributed by atoms with Crippen LogP contribution in [0.15, 0.2) is 72.8 Å². The molecule has 0 unspecified atom stereocenters. The maximum absolute atomic E-state index is 2.24. The Morgan fingerprint density at radius 3 is 2.12 bits per heavy atom. The quantitative estimate of drug-likeness (QED) is 0.431. The zero-order valence-corrected chi connectivity index (χ0v) is 15.3. The summed E-state index contributed by atoms with van der Waals surface area (Å²) < 4.78 is 3.52. The van der Waals surface area contributed by atoms with E-state index < -0.39 is 0 Å². The maximum atomic E-state index is 2.24. The average Bonchev–Trinajstić information content (AvgIpc) is 3.07. The van der Waals surface area contributed by atoms with Crippen LogP contribution in [0.1, 0.15) is 0 Å². The lowest BCUT2D eigenvalue weighted by atomic mass is 10.0. The highest BCUT2D eigenvalue weighted by Crippen LogP contribution is 2.40. The Hall–Kier alpha value is -2.23. The second kappa shape index (κ2) is 6.34. The lowest BCUT2D eigenvalue weighted by molar-refractivity contribution is 0.844. The molecule has 0 bridgehead atoms. The molecule has 0 saturated carbocycles. The van der Waals surface area contributed by atoms with Gasteiger partial charge in [0.15, 0.2) is 0 Å². The molecular formula is C21H18NS2+. The van der Waals surface area contributed by atoms with E-state index in [1.165, 1.54) is 35.6 Å². The minimum Gasteiger partial charge on any atom is -0.217 e. The number of rotatable bonds is 2. The van der Waals surface area contributed by atoms with Gasteiger partial charge in [0.1, 0.15) is 14.1 Å². The van der Waals surface area contributed by atoms with E-state index in [9.17, 15) is 0 Å².